The second-order valence-electron chi connectivity index (χ2n) is 16.7. The zero-order valence-corrected chi connectivity index (χ0v) is 39.0. The van der Waals surface area contributed by atoms with Crippen molar-refractivity contribution in [3.05, 3.63) is 65.7 Å². The minimum Gasteiger partial charge on any atom is -0.508 e. The van der Waals surface area contributed by atoms with Gasteiger partial charge in [-0.2, -0.15) is 0 Å². The van der Waals surface area contributed by atoms with E-state index < -0.39 is 165 Å². The Labute approximate surface area is 402 Å². The molecule has 12 amide bonds. The van der Waals surface area contributed by atoms with Crippen molar-refractivity contribution >= 4 is 70.9 Å². The number of hydrogen-bond acceptors (Lipinski definition) is 13. The van der Waals surface area contributed by atoms with E-state index >= 15 is 0 Å². The predicted molar refractivity (Wildman–Crippen MR) is 247 cm³/mol. The molecule has 0 spiro atoms. The Morgan fingerprint density at radius 2 is 1.37 bits per heavy atom. The van der Waals surface area contributed by atoms with Crippen molar-refractivity contribution in [1.82, 2.24) is 47.4 Å². The molecule has 0 radical (unpaired) electrons. The van der Waals surface area contributed by atoms with Crippen LogP contribution in [0.1, 0.15) is 63.5 Å². The summed E-state index contributed by atoms with van der Waals surface area (Å²) in [5.41, 5.74) is 17.1. The number of amides is 12. The number of hydrogen-bond donors (Lipinski definition) is 12. The van der Waals surface area contributed by atoms with Crippen molar-refractivity contribution in [3.63, 3.8) is 0 Å². The van der Waals surface area contributed by atoms with E-state index in [0.717, 1.165) is 4.90 Å². The van der Waals surface area contributed by atoms with Gasteiger partial charge >= 0.3 is 0 Å². The number of rotatable bonds is 18. The molecule has 25 nitrogen and oxygen atoms in total. The summed E-state index contributed by atoms with van der Waals surface area (Å²) in [5.74, 6) is -11.9. The standard InChI is InChI=1S/C45H62N12O13/c1-4-24(2)39-44(69)53-28(14-16-33(46)59)41(66)55-32(20-34(47)60)42(67)54-29(15-17-36(62)49-22-37(63)51-31(43(68)56-39)19-26-10-12-27(58)13-11-26)45(70)57(3)23-38(64)52-30(40(65)50-21-35(48)61)18-25-8-6-5-7-9-25/h5-13,24,28-32,39,58H,4,14-23H2,1-3H3,(H2,46,59)(H2,47,60)(H2,48,61)(H,49,62)(H,50,65)(H,51,63)(H,52,64)(H,53,69)(H,54,67)(H,55,66)(H,56,68)/t24-,28-,29?,30-,31-,32-,39-/m0/s1. The van der Waals surface area contributed by atoms with Crippen LogP contribution in [0.3, 0.4) is 0 Å². The zero-order chi connectivity index (χ0) is 52.1. The van der Waals surface area contributed by atoms with Gasteiger partial charge in [-0.3, -0.25) is 57.5 Å². The van der Waals surface area contributed by atoms with Crippen LogP contribution in [0.15, 0.2) is 54.6 Å². The summed E-state index contributed by atoms with van der Waals surface area (Å²) in [5, 5.41) is 29.3. The Kier molecular flexibility index (Phi) is 22.2. The number of likely N-dealkylation sites (N-methyl/N-ethyl adjacent to an activating group) is 1. The highest BCUT2D eigenvalue weighted by atomic mass is 16.3. The van der Waals surface area contributed by atoms with Crippen LogP contribution in [0.25, 0.3) is 0 Å². The SMILES string of the molecule is CC[C@H](C)[C@@H]1NC(=O)[C@H](Cc2ccc(O)cc2)NC(=O)CNC(=O)CCC(C(=O)N(C)CC(=O)N[C@@H](Cc2ccccc2)C(=O)NCC(N)=O)NC(=O)[C@H](CC(N)=O)NC(=O)[C@H](CCC(N)=O)NC1=O. The van der Waals surface area contributed by atoms with E-state index in [9.17, 15) is 62.6 Å². The minimum atomic E-state index is -1.84. The van der Waals surface area contributed by atoms with E-state index in [1.165, 1.54) is 31.3 Å². The Balaban J connectivity index is 2.01. The first-order valence-electron chi connectivity index (χ1n) is 22.3. The average Bonchev–Trinajstić information content (AvgIpc) is 3.30. The summed E-state index contributed by atoms with van der Waals surface area (Å²) < 4.78 is 0. The van der Waals surface area contributed by atoms with Crippen LogP contribution in [0.2, 0.25) is 0 Å². The Morgan fingerprint density at radius 3 is 1.99 bits per heavy atom. The van der Waals surface area contributed by atoms with E-state index in [2.05, 4.69) is 42.5 Å². The molecule has 2 aromatic carbocycles. The maximum absolute atomic E-state index is 14.1. The van der Waals surface area contributed by atoms with E-state index in [1.54, 1.807) is 44.2 Å². The van der Waals surface area contributed by atoms with Crippen LogP contribution in [0.4, 0.5) is 0 Å². The van der Waals surface area contributed by atoms with E-state index in [4.69, 9.17) is 17.2 Å². The molecule has 0 bridgehead atoms. The highest BCUT2D eigenvalue weighted by Gasteiger charge is 2.36. The second-order valence-corrected chi connectivity index (χ2v) is 16.7. The molecule has 1 aliphatic heterocycles. The molecule has 15 N–H and O–H groups in total. The molecule has 380 valence electrons. The molecule has 25 heteroatoms. The van der Waals surface area contributed by atoms with Crippen molar-refractivity contribution in [2.45, 2.75) is 101 Å². The number of aromatic hydroxyl groups is 1. The summed E-state index contributed by atoms with van der Waals surface area (Å²) in [4.78, 5) is 159. The molecule has 1 saturated heterocycles. The average molecular weight is 979 g/mol. The highest BCUT2D eigenvalue weighted by molar-refractivity contribution is 5.99. The van der Waals surface area contributed by atoms with Gasteiger partial charge in [-0.25, -0.2) is 0 Å². The fraction of sp³-hybridized carbons (Fsp3) is 0.467. The molecule has 1 heterocycles. The number of phenols is 1. The van der Waals surface area contributed by atoms with E-state index in [-0.39, 0.29) is 18.6 Å². The van der Waals surface area contributed by atoms with Gasteiger partial charge in [-0.1, -0.05) is 62.7 Å². The van der Waals surface area contributed by atoms with Gasteiger partial charge < -0.3 is 69.7 Å². The van der Waals surface area contributed by atoms with Crippen molar-refractivity contribution in [2.75, 3.05) is 26.7 Å². The molecule has 7 atom stereocenters. The van der Waals surface area contributed by atoms with Crippen molar-refractivity contribution in [3.8, 4) is 5.75 Å². The topological polar surface area (TPSA) is 403 Å². The first kappa shape index (κ1) is 56.2. The molecule has 0 aliphatic carbocycles. The van der Waals surface area contributed by atoms with Gasteiger partial charge in [-0.15, -0.1) is 0 Å². The summed E-state index contributed by atoms with van der Waals surface area (Å²) in [7, 11) is 1.17. The van der Waals surface area contributed by atoms with Gasteiger partial charge in [0.25, 0.3) is 0 Å². The molecule has 1 aliphatic rings. The van der Waals surface area contributed by atoms with Crippen molar-refractivity contribution < 1.29 is 62.6 Å². The van der Waals surface area contributed by atoms with E-state index in [0.29, 0.717) is 17.5 Å². The van der Waals surface area contributed by atoms with Crippen LogP contribution >= 0.6 is 0 Å². The number of nitrogens with one attached hydrogen (secondary N) is 8. The third kappa shape index (κ3) is 19.2. The lowest BCUT2D eigenvalue weighted by Crippen LogP contribution is -2.61. The quantitative estimate of drug-likeness (QED) is 0.0669. The minimum absolute atomic E-state index is 0.0363. The number of carbonyl (C=O) groups is 12. The maximum Gasteiger partial charge on any atom is 0.245 e. The van der Waals surface area contributed by atoms with Gasteiger partial charge in [0, 0.05) is 32.7 Å². The molecule has 0 saturated carbocycles. The lowest BCUT2D eigenvalue weighted by molar-refractivity contribution is -0.140. The fourth-order valence-electron chi connectivity index (χ4n) is 7.01. The first-order valence-corrected chi connectivity index (χ1v) is 22.3. The first-order chi connectivity index (χ1) is 33.1. The smallest absolute Gasteiger partial charge is 0.245 e. The highest BCUT2D eigenvalue weighted by Crippen LogP contribution is 2.15. The Morgan fingerprint density at radius 1 is 0.743 bits per heavy atom. The predicted octanol–water partition coefficient (Wildman–Crippen LogP) is -4.76. The van der Waals surface area contributed by atoms with Crippen LogP contribution in [-0.4, -0.2) is 144 Å². The van der Waals surface area contributed by atoms with E-state index in [1.807, 2.05) is 0 Å². The molecule has 0 aromatic heterocycles. The van der Waals surface area contributed by atoms with Crippen LogP contribution < -0.4 is 59.7 Å². The number of benzene rings is 2. The maximum atomic E-state index is 14.1. The number of primary amides is 3. The fourth-order valence-corrected chi connectivity index (χ4v) is 7.01. The van der Waals surface area contributed by atoms with Crippen LogP contribution in [0.5, 0.6) is 5.75 Å². The van der Waals surface area contributed by atoms with Gasteiger partial charge in [0.1, 0.15) is 42.0 Å². The summed E-state index contributed by atoms with van der Waals surface area (Å²) >= 11 is 0. The third-order valence-electron chi connectivity index (χ3n) is 11.0. The molecule has 2 aromatic rings. The van der Waals surface area contributed by atoms with Crippen molar-refractivity contribution in [2.24, 2.45) is 23.1 Å². The molecular weight excluding hydrogens is 917 g/mol. The van der Waals surface area contributed by atoms with Gasteiger partial charge in [0.05, 0.1) is 26.1 Å². The Hall–Kier alpha value is -8.12. The lowest BCUT2D eigenvalue weighted by Gasteiger charge is -2.29. The molecule has 1 fully saturated rings. The molecule has 70 heavy (non-hydrogen) atoms. The van der Waals surface area contributed by atoms with Gasteiger partial charge in [0.2, 0.25) is 70.9 Å². The van der Waals surface area contributed by atoms with Crippen LogP contribution in [-0.2, 0) is 70.4 Å². The lowest BCUT2D eigenvalue weighted by atomic mass is 9.96. The molecular formula is C45H62N12O13. The number of nitrogens with zero attached hydrogens (tertiary/aromatic N) is 1. The molecule has 1 unspecified atom stereocenters. The normalized spacial score (nSPS) is 20.5. The number of phenolic OH excluding ortho intramolecular Hbond substituents is 1. The Bertz CT molecular complexity index is 2250. The monoisotopic (exact) mass is 978 g/mol. The van der Waals surface area contributed by atoms with Gasteiger partial charge in [0.15, 0.2) is 0 Å². The largest absolute Gasteiger partial charge is 0.508 e. The number of nitrogens with two attached hydrogens (primary N) is 3. The summed E-state index contributed by atoms with van der Waals surface area (Å²) in [6, 6.07) is 5.08. The van der Waals surface area contributed by atoms with Crippen molar-refractivity contribution in [1.29, 1.82) is 0 Å². The summed E-state index contributed by atoms with van der Waals surface area (Å²) in [6.45, 7) is 1.38. The summed E-state index contributed by atoms with van der Waals surface area (Å²) in [6.07, 6.45) is -2.70. The second kappa shape index (κ2) is 27.6. The third-order valence-corrected chi connectivity index (χ3v) is 11.0. The molecule has 3 rings (SSSR count). The van der Waals surface area contributed by atoms with Crippen LogP contribution in [0, 0.1) is 5.92 Å². The van der Waals surface area contributed by atoms with Gasteiger partial charge in [-0.05, 0) is 42.0 Å². The number of carbonyl (C=O) groups excluding carboxylic acids is 12. The zero-order valence-electron chi connectivity index (χ0n) is 39.0.